The molecule has 0 aliphatic rings. The van der Waals surface area contributed by atoms with Crippen LogP contribution >= 0.6 is 11.3 Å². The molecule has 27 heavy (non-hydrogen) atoms. The molecule has 9 heteroatoms. The Hall–Kier alpha value is -2.55. The van der Waals surface area contributed by atoms with E-state index in [1.165, 1.54) is 11.3 Å². The number of methoxy groups -OCH3 is 1. The van der Waals surface area contributed by atoms with Gasteiger partial charge in [-0.3, -0.25) is 4.79 Å². The van der Waals surface area contributed by atoms with Crippen LogP contribution in [-0.2, 0) is 18.3 Å². The van der Waals surface area contributed by atoms with Crippen molar-refractivity contribution in [1.82, 2.24) is 25.0 Å². The number of carbonyl (C=O) groups excluding carboxylic acids is 1. The molecule has 0 aromatic carbocycles. The molecule has 144 valence electrons. The van der Waals surface area contributed by atoms with Crippen molar-refractivity contribution in [2.75, 3.05) is 12.4 Å². The minimum atomic E-state index is -0.0847. The first-order valence-electron chi connectivity index (χ1n) is 8.81. The van der Waals surface area contributed by atoms with Crippen LogP contribution in [0.5, 0.6) is 5.88 Å². The van der Waals surface area contributed by atoms with Gasteiger partial charge in [0.15, 0.2) is 5.65 Å². The van der Waals surface area contributed by atoms with Crippen LogP contribution in [0.15, 0.2) is 0 Å². The molecule has 1 amide bonds. The molecule has 3 aromatic heterocycles. The van der Waals surface area contributed by atoms with Gasteiger partial charge in [0.2, 0.25) is 16.9 Å². The van der Waals surface area contributed by atoms with Gasteiger partial charge >= 0.3 is 0 Å². The van der Waals surface area contributed by atoms with Crippen LogP contribution in [0.25, 0.3) is 11.0 Å². The van der Waals surface area contributed by atoms with Crippen molar-refractivity contribution in [3.63, 3.8) is 0 Å². The molecule has 0 spiro atoms. The number of ether oxygens (including phenoxy) is 1. The first-order valence-corrected chi connectivity index (χ1v) is 9.63. The van der Waals surface area contributed by atoms with Gasteiger partial charge in [-0.25, -0.2) is 9.67 Å². The number of aromatic nitrogens is 5. The standard InChI is InChI=1S/C18H24N6O2S/c1-9(2)17-21-22-18(27-17)20-13(25)8-7-12-10(3)14-15(19-11(12)4)24(5)23-16(14)26-6/h9H,7-8H2,1-6H3,(H,20,22,25). The van der Waals surface area contributed by atoms with Gasteiger partial charge in [-0.15, -0.1) is 15.3 Å². The third kappa shape index (κ3) is 3.78. The molecule has 0 unspecified atom stereocenters. The second-order valence-electron chi connectivity index (χ2n) is 6.78. The lowest BCUT2D eigenvalue weighted by Gasteiger charge is -2.11. The molecule has 0 atom stereocenters. The number of pyridine rings is 1. The third-order valence-corrected chi connectivity index (χ3v) is 5.64. The molecule has 1 N–H and O–H groups in total. The quantitative estimate of drug-likeness (QED) is 0.697. The van der Waals surface area contributed by atoms with E-state index in [4.69, 9.17) is 4.74 Å². The van der Waals surface area contributed by atoms with Crippen molar-refractivity contribution >= 4 is 33.4 Å². The smallest absolute Gasteiger partial charge is 0.242 e. The lowest BCUT2D eigenvalue weighted by Crippen LogP contribution is -2.13. The minimum absolute atomic E-state index is 0.0847. The van der Waals surface area contributed by atoms with Crippen LogP contribution in [0.4, 0.5) is 5.13 Å². The van der Waals surface area contributed by atoms with Crippen molar-refractivity contribution < 1.29 is 9.53 Å². The maximum Gasteiger partial charge on any atom is 0.242 e. The lowest BCUT2D eigenvalue weighted by atomic mass is 10.00. The minimum Gasteiger partial charge on any atom is -0.479 e. The number of fused-ring (bicyclic) bond motifs is 1. The zero-order chi connectivity index (χ0) is 19.7. The zero-order valence-electron chi connectivity index (χ0n) is 16.5. The fraction of sp³-hybridized carbons (Fsp3) is 0.500. The van der Waals surface area contributed by atoms with E-state index >= 15 is 0 Å². The first-order chi connectivity index (χ1) is 12.8. The Morgan fingerprint density at radius 2 is 2.04 bits per heavy atom. The lowest BCUT2D eigenvalue weighted by molar-refractivity contribution is -0.116. The monoisotopic (exact) mass is 388 g/mol. The molecular weight excluding hydrogens is 364 g/mol. The number of carbonyl (C=O) groups is 1. The average molecular weight is 388 g/mol. The van der Waals surface area contributed by atoms with Gasteiger partial charge in [0.1, 0.15) is 5.01 Å². The predicted molar refractivity (Wildman–Crippen MR) is 105 cm³/mol. The summed E-state index contributed by atoms with van der Waals surface area (Å²) in [5, 5.41) is 17.7. The normalized spacial score (nSPS) is 11.4. The number of aryl methyl sites for hydroxylation is 3. The molecule has 0 saturated heterocycles. The summed E-state index contributed by atoms with van der Waals surface area (Å²) in [6.45, 7) is 8.08. The topological polar surface area (TPSA) is 94.8 Å². The maximum atomic E-state index is 12.3. The Morgan fingerprint density at radius 1 is 1.30 bits per heavy atom. The van der Waals surface area contributed by atoms with E-state index < -0.39 is 0 Å². The Labute approximate surface area is 162 Å². The SMILES string of the molecule is COc1nn(C)c2nc(C)c(CCC(=O)Nc3nnc(C(C)C)s3)c(C)c12. The maximum absolute atomic E-state index is 12.3. The van der Waals surface area contributed by atoms with E-state index in [0.29, 0.717) is 29.8 Å². The van der Waals surface area contributed by atoms with Crippen LogP contribution in [-0.4, -0.2) is 38.0 Å². The van der Waals surface area contributed by atoms with Crippen LogP contribution in [0.2, 0.25) is 0 Å². The Bertz CT molecular complexity index is 992. The van der Waals surface area contributed by atoms with Gasteiger partial charge in [0.05, 0.1) is 12.5 Å². The number of rotatable bonds is 6. The first kappa shape index (κ1) is 19.2. The van der Waals surface area contributed by atoms with E-state index in [2.05, 4.69) is 25.6 Å². The molecule has 8 nitrogen and oxygen atoms in total. The predicted octanol–water partition coefficient (Wildman–Crippen LogP) is 3.14. The summed E-state index contributed by atoms with van der Waals surface area (Å²) in [5.74, 6) is 0.766. The van der Waals surface area contributed by atoms with E-state index in [-0.39, 0.29) is 5.91 Å². The largest absolute Gasteiger partial charge is 0.479 e. The number of hydrogen-bond donors (Lipinski definition) is 1. The highest BCUT2D eigenvalue weighted by Gasteiger charge is 2.19. The van der Waals surface area contributed by atoms with E-state index in [1.54, 1.807) is 11.8 Å². The Morgan fingerprint density at radius 3 is 2.67 bits per heavy atom. The summed E-state index contributed by atoms with van der Waals surface area (Å²) in [5.41, 5.74) is 3.78. The Kier molecular flexibility index (Phi) is 5.41. The molecule has 0 radical (unpaired) electrons. The van der Waals surface area contributed by atoms with Crippen molar-refractivity contribution in [3.8, 4) is 5.88 Å². The summed E-state index contributed by atoms with van der Waals surface area (Å²) in [6.07, 6.45) is 0.925. The number of amides is 1. The van der Waals surface area contributed by atoms with Crippen molar-refractivity contribution in [1.29, 1.82) is 0 Å². The van der Waals surface area contributed by atoms with Gasteiger partial charge in [0, 0.05) is 25.1 Å². The summed E-state index contributed by atoms with van der Waals surface area (Å²) in [4.78, 5) is 17.0. The molecular formula is C18H24N6O2S. The number of nitrogens with one attached hydrogen (secondary N) is 1. The number of hydrogen-bond acceptors (Lipinski definition) is 7. The van der Waals surface area contributed by atoms with Gasteiger partial charge in [-0.2, -0.15) is 0 Å². The molecule has 0 aliphatic heterocycles. The summed E-state index contributed by atoms with van der Waals surface area (Å²) < 4.78 is 7.10. The molecule has 0 fully saturated rings. The second kappa shape index (κ2) is 7.59. The van der Waals surface area contributed by atoms with Gasteiger partial charge in [0.25, 0.3) is 0 Å². The number of anilines is 1. The summed E-state index contributed by atoms with van der Waals surface area (Å²) >= 11 is 1.41. The van der Waals surface area contributed by atoms with Gasteiger partial charge in [-0.1, -0.05) is 25.2 Å². The highest BCUT2D eigenvalue weighted by atomic mass is 32.1. The van der Waals surface area contributed by atoms with Crippen LogP contribution in [0.1, 0.15) is 48.0 Å². The van der Waals surface area contributed by atoms with E-state index in [1.807, 2.05) is 34.7 Å². The van der Waals surface area contributed by atoms with E-state index in [0.717, 1.165) is 32.9 Å². The zero-order valence-corrected chi connectivity index (χ0v) is 17.3. The van der Waals surface area contributed by atoms with Crippen molar-refractivity contribution in [2.45, 2.75) is 46.5 Å². The van der Waals surface area contributed by atoms with Crippen LogP contribution < -0.4 is 10.1 Å². The van der Waals surface area contributed by atoms with Crippen LogP contribution in [0, 0.1) is 13.8 Å². The molecule has 3 rings (SSSR count). The van der Waals surface area contributed by atoms with Gasteiger partial charge < -0.3 is 10.1 Å². The second-order valence-corrected chi connectivity index (χ2v) is 7.79. The molecule has 0 aliphatic carbocycles. The molecule has 0 saturated carbocycles. The van der Waals surface area contributed by atoms with Crippen molar-refractivity contribution in [3.05, 3.63) is 21.8 Å². The fourth-order valence-electron chi connectivity index (χ4n) is 3.05. The third-order valence-electron chi connectivity index (χ3n) is 4.50. The fourth-order valence-corrected chi connectivity index (χ4v) is 3.81. The molecule has 3 heterocycles. The van der Waals surface area contributed by atoms with Gasteiger partial charge in [-0.05, 0) is 31.4 Å². The molecule has 0 bridgehead atoms. The molecule has 3 aromatic rings. The highest BCUT2D eigenvalue weighted by molar-refractivity contribution is 7.15. The highest BCUT2D eigenvalue weighted by Crippen LogP contribution is 2.30. The van der Waals surface area contributed by atoms with Crippen LogP contribution in [0.3, 0.4) is 0 Å². The number of nitrogens with zero attached hydrogens (tertiary/aromatic N) is 5. The summed E-state index contributed by atoms with van der Waals surface area (Å²) in [6, 6.07) is 0. The Balaban J connectivity index is 1.77. The average Bonchev–Trinajstić information content (AvgIpc) is 3.19. The summed E-state index contributed by atoms with van der Waals surface area (Å²) in [7, 11) is 3.44. The van der Waals surface area contributed by atoms with E-state index in [9.17, 15) is 4.79 Å². The van der Waals surface area contributed by atoms with Crippen molar-refractivity contribution in [2.24, 2.45) is 7.05 Å².